The van der Waals surface area contributed by atoms with Crippen LogP contribution in [0, 0.1) is 5.41 Å². The molecule has 2 bridgehead atoms. The molecule has 0 unspecified atom stereocenters. The van der Waals surface area contributed by atoms with Gasteiger partial charge in [0.25, 0.3) is 0 Å². The molecule has 0 radical (unpaired) electrons. The van der Waals surface area contributed by atoms with E-state index in [-0.39, 0.29) is 11.0 Å². The minimum absolute atomic E-state index is 0.0235. The van der Waals surface area contributed by atoms with Gasteiger partial charge in [0.05, 0.1) is 5.60 Å². The summed E-state index contributed by atoms with van der Waals surface area (Å²) >= 11 is 0. The maximum Gasteiger partial charge on any atom is 0.171 e. The van der Waals surface area contributed by atoms with E-state index in [1.807, 2.05) is 0 Å². The molecule has 2 aliphatic heterocycles. The monoisotopic (exact) mass is 210 g/mol. The molecule has 3 fully saturated rings. The lowest BCUT2D eigenvalue weighted by molar-refractivity contribution is -0.282. The van der Waals surface area contributed by atoms with Crippen molar-refractivity contribution in [3.63, 3.8) is 0 Å². The molecule has 86 valence electrons. The van der Waals surface area contributed by atoms with Gasteiger partial charge in [0.1, 0.15) is 0 Å². The molecule has 2 saturated heterocycles. The Morgan fingerprint density at radius 3 is 2.33 bits per heavy atom. The first-order chi connectivity index (χ1) is 7.08. The maximum atomic E-state index is 10.7. The van der Waals surface area contributed by atoms with Crippen molar-refractivity contribution in [2.45, 2.75) is 76.1 Å². The first-order valence-electron chi connectivity index (χ1n) is 6.50. The van der Waals surface area contributed by atoms with Crippen LogP contribution in [0.4, 0.5) is 0 Å². The van der Waals surface area contributed by atoms with Gasteiger partial charge in [-0.1, -0.05) is 19.3 Å². The molecular formula is C13H22O2. The van der Waals surface area contributed by atoms with E-state index in [1.54, 1.807) is 0 Å². The average molecular weight is 210 g/mol. The summed E-state index contributed by atoms with van der Waals surface area (Å²) in [6.45, 7) is 2.19. The zero-order valence-corrected chi connectivity index (χ0v) is 9.72. The Morgan fingerprint density at radius 2 is 1.67 bits per heavy atom. The van der Waals surface area contributed by atoms with Crippen LogP contribution >= 0.6 is 0 Å². The van der Waals surface area contributed by atoms with Crippen molar-refractivity contribution in [2.24, 2.45) is 5.41 Å². The van der Waals surface area contributed by atoms with Crippen molar-refractivity contribution in [3.8, 4) is 0 Å². The first kappa shape index (κ1) is 10.1. The Balaban J connectivity index is 1.95. The van der Waals surface area contributed by atoms with Crippen molar-refractivity contribution in [1.29, 1.82) is 0 Å². The molecule has 0 aromatic heterocycles. The fourth-order valence-corrected chi connectivity index (χ4v) is 4.36. The highest BCUT2D eigenvalue weighted by Gasteiger charge is 2.63. The van der Waals surface area contributed by atoms with Gasteiger partial charge < -0.3 is 9.84 Å². The molecule has 1 spiro atoms. The molecule has 0 aromatic rings. The van der Waals surface area contributed by atoms with Gasteiger partial charge in [0, 0.05) is 11.8 Å². The molecule has 0 aromatic carbocycles. The third-order valence-corrected chi connectivity index (χ3v) is 4.99. The fraction of sp³-hybridized carbons (Fsp3) is 1.00. The number of hydrogen-bond acceptors (Lipinski definition) is 2. The number of aliphatic hydroxyl groups is 1. The second-order valence-corrected chi connectivity index (χ2v) is 6.21. The Morgan fingerprint density at radius 1 is 0.933 bits per heavy atom. The summed E-state index contributed by atoms with van der Waals surface area (Å²) < 4.78 is 6.02. The molecule has 2 nitrogen and oxygen atoms in total. The predicted octanol–water partition coefficient (Wildman–Crippen LogP) is 2.99. The van der Waals surface area contributed by atoms with Crippen LogP contribution < -0.4 is 0 Å². The second-order valence-electron chi connectivity index (χ2n) is 6.21. The fourth-order valence-electron chi connectivity index (χ4n) is 4.36. The van der Waals surface area contributed by atoms with E-state index in [2.05, 4.69) is 6.92 Å². The summed E-state index contributed by atoms with van der Waals surface area (Å²) in [5.41, 5.74) is 0.0842. The molecule has 15 heavy (non-hydrogen) atoms. The summed E-state index contributed by atoms with van der Waals surface area (Å²) in [5.74, 6) is -0.777. The quantitative estimate of drug-likeness (QED) is 0.666. The highest BCUT2D eigenvalue weighted by Crippen LogP contribution is 2.62. The number of fused-ring (bicyclic) bond motifs is 3. The lowest BCUT2D eigenvalue weighted by Crippen LogP contribution is -2.47. The molecule has 3 aliphatic rings. The minimum Gasteiger partial charge on any atom is -0.365 e. The molecule has 1 saturated carbocycles. The van der Waals surface area contributed by atoms with Crippen molar-refractivity contribution in [3.05, 3.63) is 0 Å². The standard InChI is InChI=1S/C13H22O2/c1-11-6-5-9-13(14,15-11)12(10-11)7-3-2-4-8-12/h14H,2-10H2,1H3/t11-,13+/m1/s1. The zero-order chi connectivity index (χ0) is 10.6. The lowest BCUT2D eigenvalue weighted by Gasteiger charge is -2.44. The molecule has 0 amide bonds. The normalized spacial score (nSPS) is 48.4. The van der Waals surface area contributed by atoms with Gasteiger partial charge in [0.15, 0.2) is 5.79 Å². The van der Waals surface area contributed by atoms with Crippen LogP contribution in [0.3, 0.4) is 0 Å². The highest BCUT2D eigenvalue weighted by molar-refractivity contribution is 5.08. The lowest BCUT2D eigenvalue weighted by atomic mass is 9.66. The van der Waals surface area contributed by atoms with Crippen LogP contribution in [0.15, 0.2) is 0 Å². The van der Waals surface area contributed by atoms with E-state index in [0.717, 1.165) is 25.7 Å². The van der Waals surface area contributed by atoms with Gasteiger partial charge in [-0.3, -0.25) is 0 Å². The molecule has 2 atom stereocenters. The third kappa shape index (κ3) is 1.31. The van der Waals surface area contributed by atoms with Crippen molar-refractivity contribution >= 4 is 0 Å². The summed E-state index contributed by atoms with van der Waals surface area (Å²) in [5, 5.41) is 10.7. The number of hydrogen-bond donors (Lipinski definition) is 1. The zero-order valence-electron chi connectivity index (χ0n) is 9.72. The SMILES string of the molecule is C[C@]12CCC[C@](O)(O1)C1(CCCCC1)C2. The third-order valence-electron chi connectivity index (χ3n) is 4.99. The van der Waals surface area contributed by atoms with Crippen LogP contribution in [0.2, 0.25) is 0 Å². The first-order valence-corrected chi connectivity index (χ1v) is 6.50. The van der Waals surface area contributed by atoms with Gasteiger partial charge in [-0.15, -0.1) is 0 Å². The Kier molecular flexibility index (Phi) is 2.01. The molecule has 2 heteroatoms. The second kappa shape index (κ2) is 2.98. The summed E-state index contributed by atoms with van der Waals surface area (Å²) in [7, 11) is 0. The molecule has 2 heterocycles. The van der Waals surface area contributed by atoms with Gasteiger partial charge in [-0.05, 0) is 39.0 Å². The average Bonchev–Trinajstić information content (AvgIpc) is 2.31. The summed E-state index contributed by atoms with van der Waals surface area (Å²) in [4.78, 5) is 0. The largest absolute Gasteiger partial charge is 0.365 e. The van der Waals surface area contributed by atoms with Gasteiger partial charge in [-0.2, -0.15) is 0 Å². The van der Waals surface area contributed by atoms with Crippen LogP contribution in [-0.4, -0.2) is 16.5 Å². The van der Waals surface area contributed by atoms with Crippen molar-refractivity contribution in [1.82, 2.24) is 0 Å². The van der Waals surface area contributed by atoms with Crippen LogP contribution in [-0.2, 0) is 4.74 Å². The Hall–Kier alpha value is -0.0800. The van der Waals surface area contributed by atoms with Gasteiger partial charge in [0.2, 0.25) is 0 Å². The number of ether oxygens (including phenoxy) is 1. The maximum absolute atomic E-state index is 10.7. The Bertz CT molecular complexity index is 270. The smallest absolute Gasteiger partial charge is 0.171 e. The van der Waals surface area contributed by atoms with E-state index in [0.29, 0.717) is 0 Å². The van der Waals surface area contributed by atoms with Gasteiger partial charge in [-0.25, -0.2) is 0 Å². The highest BCUT2D eigenvalue weighted by atomic mass is 16.6. The molecule has 1 N–H and O–H groups in total. The molecule has 1 aliphatic carbocycles. The van der Waals surface area contributed by atoms with Gasteiger partial charge >= 0.3 is 0 Å². The van der Waals surface area contributed by atoms with Crippen LogP contribution in [0.25, 0.3) is 0 Å². The molecule has 3 rings (SSSR count). The van der Waals surface area contributed by atoms with E-state index in [1.165, 1.54) is 32.1 Å². The van der Waals surface area contributed by atoms with Crippen molar-refractivity contribution in [2.75, 3.05) is 0 Å². The van der Waals surface area contributed by atoms with E-state index in [9.17, 15) is 5.11 Å². The van der Waals surface area contributed by atoms with Crippen LogP contribution in [0.1, 0.15) is 64.7 Å². The van der Waals surface area contributed by atoms with E-state index >= 15 is 0 Å². The van der Waals surface area contributed by atoms with Crippen LogP contribution in [0.5, 0.6) is 0 Å². The minimum atomic E-state index is -0.777. The van der Waals surface area contributed by atoms with E-state index in [4.69, 9.17) is 4.74 Å². The number of rotatable bonds is 0. The van der Waals surface area contributed by atoms with E-state index < -0.39 is 5.79 Å². The molecular weight excluding hydrogens is 188 g/mol. The topological polar surface area (TPSA) is 29.5 Å². The summed E-state index contributed by atoms with van der Waals surface area (Å²) in [6, 6.07) is 0. The predicted molar refractivity (Wildman–Crippen MR) is 58.4 cm³/mol. The summed E-state index contributed by atoms with van der Waals surface area (Å²) in [6.07, 6.45) is 10.5. The Labute approximate surface area is 92.0 Å². The van der Waals surface area contributed by atoms with Crippen molar-refractivity contribution < 1.29 is 9.84 Å².